The van der Waals surface area contributed by atoms with Gasteiger partial charge >= 0.3 is 0 Å². The van der Waals surface area contributed by atoms with Crippen LogP contribution in [0.4, 0.5) is 0 Å². The Kier molecular flexibility index (Phi) is 19.0. The maximum Gasteiger partial charge on any atom is 0.273 e. The number of Topliss-reactive ketones (excluding diaryl/α,β-unsaturated/α-hetero) is 1. The third kappa shape index (κ3) is 11.6. The predicted molar refractivity (Wildman–Crippen MR) is 310 cm³/mol. The molecule has 9 heterocycles. The van der Waals surface area contributed by atoms with E-state index >= 15 is 0 Å². The van der Waals surface area contributed by atoms with E-state index in [9.17, 15) is 19.2 Å². The monoisotopic (exact) mass is 1050 g/mol. The van der Waals surface area contributed by atoms with E-state index in [1.54, 1.807) is 33.6 Å². The molecule has 3 aliphatic rings. The second-order valence-electron chi connectivity index (χ2n) is 17.7. The molecule has 0 saturated heterocycles. The number of nitriles is 1. The Hall–Kier alpha value is -7.68. The van der Waals surface area contributed by atoms with E-state index in [1.807, 2.05) is 129 Å². The second kappa shape index (κ2) is 25.7. The van der Waals surface area contributed by atoms with E-state index in [0.717, 1.165) is 112 Å². The number of pyridine rings is 3. The smallest absolute Gasteiger partial charge is 0.273 e. The summed E-state index contributed by atoms with van der Waals surface area (Å²) >= 11 is 0. The lowest BCUT2D eigenvalue weighted by molar-refractivity contribution is 0.0862. The van der Waals surface area contributed by atoms with Crippen molar-refractivity contribution in [2.45, 2.75) is 80.2 Å². The van der Waals surface area contributed by atoms with E-state index in [1.165, 1.54) is 5.56 Å². The van der Waals surface area contributed by atoms with Gasteiger partial charge in [-0.1, -0.05) is 120 Å². The fourth-order valence-corrected chi connectivity index (χ4v) is 9.97. The molecule has 0 bridgehead atoms. The third-order valence-electron chi connectivity index (χ3n) is 12.8. The summed E-state index contributed by atoms with van der Waals surface area (Å²) in [5, 5.41) is 8.94. The zero-order chi connectivity index (χ0) is 54.6. The van der Waals surface area contributed by atoms with Crippen molar-refractivity contribution < 1.29 is 19.2 Å². The standard InChI is InChI=1S/C20H21N3O.C17H13N4OP.C17H14N3O2P.3C2H6/c1-22(2)13-14-9-11-15(12-10-14)20-17-6-3-7-18(24)16-5-4-8-19(21-20)23(16)17;18-10-11-4-6-12(7-5-11)16-13-8-9-20(23)17(22)14-2-1-3-15(19-16)21(13)14;21-10-11-4-6-12(7-5-11)16-13-8-9-19(23)17(22)14-2-1-3-15(18-16)20(13)14;3*1-2/h4-5,8-12H,3,6-7,13H2,1-2H3;1-7H,8-9,23H2;1-7,10H,8-9,23H2;3*1-2H3. The van der Waals surface area contributed by atoms with Crippen molar-refractivity contribution >= 4 is 59.6 Å². The first-order chi connectivity index (χ1) is 37.0. The van der Waals surface area contributed by atoms with E-state index in [0.29, 0.717) is 42.0 Å². The van der Waals surface area contributed by atoms with Gasteiger partial charge in [0.25, 0.3) is 11.8 Å². The molecule has 76 heavy (non-hydrogen) atoms. The van der Waals surface area contributed by atoms with Crippen molar-refractivity contribution in [3.05, 3.63) is 178 Å². The van der Waals surface area contributed by atoms with Gasteiger partial charge in [0, 0.05) is 61.2 Å². The van der Waals surface area contributed by atoms with Crippen molar-refractivity contribution in [2.75, 3.05) is 27.2 Å². The average Bonchev–Trinajstić information content (AvgIpc) is 4.07. The Labute approximate surface area is 449 Å². The van der Waals surface area contributed by atoms with Gasteiger partial charge in [0.2, 0.25) is 0 Å². The summed E-state index contributed by atoms with van der Waals surface area (Å²) < 4.78 is 9.25. The highest BCUT2D eigenvalue weighted by molar-refractivity contribution is 7.15. The van der Waals surface area contributed by atoms with Crippen LogP contribution in [0.15, 0.2) is 127 Å². The van der Waals surface area contributed by atoms with Crippen LogP contribution in [0.2, 0.25) is 0 Å². The molecule has 16 heteroatoms. The number of aryl methyl sites for hydroxylation is 1. The Morgan fingerprint density at radius 2 is 0.934 bits per heavy atom. The maximum atomic E-state index is 12.5. The number of benzene rings is 3. The number of hydrogen-bond donors (Lipinski definition) is 0. The lowest BCUT2D eigenvalue weighted by Crippen LogP contribution is -2.21. The molecule has 14 nitrogen and oxygen atoms in total. The normalized spacial score (nSPS) is 13.3. The molecular weight excluding hydrogens is 987 g/mol. The number of carbonyl (C=O) groups is 4. The topological polar surface area (TPSA) is 154 Å². The molecule has 3 aromatic carbocycles. The van der Waals surface area contributed by atoms with Crippen molar-refractivity contribution in [1.29, 1.82) is 5.26 Å². The van der Waals surface area contributed by atoms with Crippen LogP contribution in [0.1, 0.15) is 124 Å². The molecule has 2 unspecified atom stereocenters. The van der Waals surface area contributed by atoms with Crippen LogP contribution in [0.3, 0.4) is 0 Å². The fraction of sp³-hybridized carbons (Fsp3) is 0.267. The summed E-state index contributed by atoms with van der Waals surface area (Å²) in [6.45, 7) is 14.2. The van der Waals surface area contributed by atoms with Crippen molar-refractivity contribution in [1.82, 2.24) is 42.4 Å². The predicted octanol–water partition coefficient (Wildman–Crippen LogP) is 11.9. The zero-order valence-electron chi connectivity index (χ0n) is 44.6. The Morgan fingerprint density at radius 1 is 0.539 bits per heavy atom. The van der Waals surface area contributed by atoms with Gasteiger partial charge in [-0.05, 0) is 99.8 Å². The molecule has 2 atom stereocenters. The number of nitrogens with zero attached hydrogens (tertiary/aromatic N) is 10. The number of ketones is 1. The first kappa shape index (κ1) is 56.1. The molecule has 0 saturated carbocycles. The van der Waals surface area contributed by atoms with E-state index in [4.69, 9.17) is 20.2 Å². The summed E-state index contributed by atoms with van der Waals surface area (Å²) in [6, 6.07) is 42.5. The van der Waals surface area contributed by atoms with Crippen LogP contribution in [0, 0.1) is 11.3 Å². The van der Waals surface area contributed by atoms with Crippen LogP contribution in [0.5, 0.6) is 0 Å². The zero-order valence-corrected chi connectivity index (χ0v) is 46.9. The summed E-state index contributed by atoms with van der Waals surface area (Å²) in [5.41, 5.74) is 15.9. The number of aldehydes is 1. The molecule has 9 aromatic rings. The fourth-order valence-electron chi connectivity index (χ4n) is 9.45. The quantitative estimate of drug-likeness (QED) is 0.117. The highest BCUT2D eigenvalue weighted by Crippen LogP contribution is 2.33. The summed E-state index contributed by atoms with van der Waals surface area (Å²) in [4.78, 5) is 64.5. The lowest BCUT2D eigenvalue weighted by atomic mass is 10.0. The highest BCUT2D eigenvalue weighted by atomic mass is 31.0. The Morgan fingerprint density at radius 3 is 1.36 bits per heavy atom. The molecule has 0 aliphatic carbocycles. The van der Waals surface area contributed by atoms with Crippen LogP contribution in [0.25, 0.3) is 50.7 Å². The Bertz CT molecular complexity index is 3560. The summed E-state index contributed by atoms with van der Waals surface area (Å²) in [7, 11) is 9.12. The largest absolute Gasteiger partial charge is 0.322 e. The lowest BCUT2D eigenvalue weighted by Gasteiger charge is -2.13. The van der Waals surface area contributed by atoms with Gasteiger partial charge in [0.15, 0.2) is 5.78 Å². The molecule has 2 amide bonds. The van der Waals surface area contributed by atoms with Crippen molar-refractivity contribution in [2.24, 2.45) is 0 Å². The van der Waals surface area contributed by atoms with Gasteiger partial charge in [0.1, 0.15) is 34.6 Å². The number of aromatic nitrogens is 6. The van der Waals surface area contributed by atoms with E-state index in [-0.39, 0.29) is 17.6 Å². The van der Waals surface area contributed by atoms with Gasteiger partial charge in [0.05, 0.1) is 51.5 Å². The molecule has 12 rings (SSSR count). The number of imidazole rings is 3. The molecular formula is C60H66N10O4P2. The van der Waals surface area contributed by atoms with Gasteiger partial charge in [-0.2, -0.15) is 5.26 Å². The summed E-state index contributed by atoms with van der Waals surface area (Å²) in [5.74, 6) is 0.160. The van der Waals surface area contributed by atoms with Gasteiger partial charge in [-0.25, -0.2) is 15.0 Å². The molecule has 0 fully saturated rings. The Balaban J connectivity index is 0.000000158. The van der Waals surface area contributed by atoms with Crippen LogP contribution in [-0.2, 0) is 25.8 Å². The van der Waals surface area contributed by atoms with E-state index in [2.05, 4.69) is 72.5 Å². The van der Waals surface area contributed by atoms with Gasteiger partial charge < -0.3 is 14.2 Å². The molecule has 0 spiro atoms. The number of amides is 2. The first-order valence-electron chi connectivity index (χ1n) is 26.0. The molecule has 3 aliphatic heterocycles. The average molecular weight is 1050 g/mol. The van der Waals surface area contributed by atoms with E-state index < -0.39 is 0 Å². The molecule has 6 aromatic heterocycles. The number of carbonyl (C=O) groups excluding carboxylic acids is 4. The van der Waals surface area contributed by atoms with Crippen molar-refractivity contribution in [3.63, 3.8) is 0 Å². The van der Waals surface area contributed by atoms with Crippen molar-refractivity contribution in [3.8, 4) is 39.8 Å². The molecule has 0 radical (unpaired) electrons. The molecule has 390 valence electrons. The SMILES string of the molecule is CC.CC.CC.CN(C)Cc1ccc(-c2nc3cccc4n3c2CCCC4=O)cc1.N#Cc1ccc(-c2nc3cccc4n3c2CCN(P)C4=O)cc1.O=Cc1ccc(-c2nc3cccc4n3c2CCN(P)C4=O)cc1. The highest BCUT2D eigenvalue weighted by Gasteiger charge is 2.27. The minimum absolute atomic E-state index is 0.0249. The summed E-state index contributed by atoms with van der Waals surface area (Å²) in [6.07, 6.45) is 4.65. The minimum Gasteiger partial charge on any atom is -0.322 e. The van der Waals surface area contributed by atoms with Crippen LogP contribution in [-0.4, -0.2) is 93.5 Å². The third-order valence-corrected chi connectivity index (χ3v) is 13.8. The van der Waals surface area contributed by atoms with Crippen LogP contribution < -0.4 is 0 Å². The maximum absolute atomic E-state index is 12.5. The van der Waals surface area contributed by atoms with Gasteiger partial charge in [-0.3, -0.25) is 32.4 Å². The number of hydrogen-bond acceptors (Lipinski definition) is 9. The number of rotatable bonds is 6. The van der Waals surface area contributed by atoms with Crippen LogP contribution >= 0.6 is 18.8 Å². The second-order valence-corrected chi connectivity index (χ2v) is 18.9. The minimum atomic E-state index is -0.0281. The van der Waals surface area contributed by atoms with Gasteiger partial charge in [-0.15, -0.1) is 0 Å². The molecule has 0 N–H and O–H groups in total. The first-order valence-corrected chi connectivity index (χ1v) is 27.0.